The third-order valence-electron chi connectivity index (χ3n) is 2.91. The highest BCUT2D eigenvalue weighted by atomic mass is 79.9. The largest absolute Gasteiger partial charge is 0.493 e. The fourth-order valence-electron chi connectivity index (χ4n) is 1.88. The summed E-state index contributed by atoms with van der Waals surface area (Å²) >= 11 is 9.33. The van der Waals surface area contributed by atoms with Crippen LogP contribution in [0.4, 0.5) is 5.69 Å². The Kier molecular flexibility index (Phi) is 5.22. The van der Waals surface area contributed by atoms with E-state index in [4.69, 9.17) is 22.1 Å². The van der Waals surface area contributed by atoms with E-state index in [1.165, 1.54) is 7.11 Å². The molecule has 0 radical (unpaired) electrons. The van der Waals surface area contributed by atoms with Gasteiger partial charge in [-0.25, -0.2) is 0 Å². The number of benzene rings is 2. The number of hydrogen-bond acceptors (Lipinski definition) is 3. The van der Waals surface area contributed by atoms with E-state index in [2.05, 4.69) is 21.2 Å². The molecule has 0 unspecified atom stereocenters. The third kappa shape index (κ3) is 3.75. The van der Waals surface area contributed by atoms with Crippen molar-refractivity contribution in [2.75, 3.05) is 12.4 Å². The molecule has 0 fully saturated rings. The van der Waals surface area contributed by atoms with Crippen molar-refractivity contribution in [1.82, 2.24) is 0 Å². The third-order valence-corrected chi connectivity index (χ3v) is 3.72. The van der Waals surface area contributed by atoms with Gasteiger partial charge in [-0.3, -0.25) is 4.79 Å². The van der Waals surface area contributed by atoms with Crippen molar-refractivity contribution < 1.29 is 9.53 Å². The summed E-state index contributed by atoms with van der Waals surface area (Å²) in [6.45, 7) is 0. The summed E-state index contributed by atoms with van der Waals surface area (Å²) in [5, 5.41) is 3.22. The Morgan fingerprint density at radius 3 is 2.62 bits per heavy atom. The summed E-state index contributed by atoms with van der Waals surface area (Å²) < 4.78 is 5.91. The lowest BCUT2D eigenvalue weighted by Gasteiger charge is -2.16. The van der Waals surface area contributed by atoms with Gasteiger partial charge in [0.05, 0.1) is 17.3 Å². The summed E-state index contributed by atoms with van der Waals surface area (Å²) in [5.41, 5.74) is 7.15. The second-order valence-corrected chi connectivity index (χ2v) is 5.64. The van der Waals surface area contributed by atoms with Gasteiger partial charge >= 0.3 is 0 Å². The van der Waals surface area contributed by atoms with Crippen LogP contribution >= 0.6 is 27.5 Å². The molecule has 6 heteroatoms. The molecule has 1 amide bonds. The zero-order chi connectivity index (χ0) is 15.4. The van der Waals surface area contributed by atoms with E-state index in [0.717, 1.165) is 5.56 Å². The fourth-order valence-corrected chi connectivity index (χ4v) is 2.85. The number of amides is 1. The Hall–Kier alpha value is -1.56. The van der Waals surface area contributed by atoms with Gasteiger partial charge in [0.25, 0.3) is 0 Å². The smallest absolute Gasteiger partial charge is 0.245 e. The fraction of sp³-hybridized carbons (Fsp3) is 0.133. The van der Waals surface area contributed by atoms with Gasteiger partial charge in [0, 0.05) is 5.02 Å². The van der Waals surface area contributed by atoms with E-state index in [9.17, 15) is 4.79 Å². The second kappa shape index (κ2) is 6.93. The van der Waals surface area contributed by atoms with Crippen LogP contribution in [0.5, 0.6) is 5.75 Å². The number of nitrogens with one attached hydrogen (secondary N) is 1. The average Bonchev–Trinajstić information content (AvgIpc) is 2.47. The Labute approximate surface area is 136 Å². The maximum Gasteiger partial charge on any atom is 0.245 e. The van der Waals surface area contributed by atoms with Crippen molar-refractivity contribution >= 4 is 39.1 Å². The molecule has 2 aromatic carbocycles. The highest BCUT2D eigenvalue weighted by molar-refractivity contribution is 9.10. The molecule has 0 saturated heterocycles. The van der Waals surface area contributed by atoms with E-state index in [0.29, 0.717) is 20.9 Å². The van der Waals surface area contributed by atoms with E-state index in [1.54, 1.807) is 24.3 Å². The van der Waals surface area contributed by atoms with Crippen molar-refractivity contribution in [3.63, 3.8) is 0 Å². The monoisotopic (exact) mass is 368 g/mol. The van der Waals surface area contributed by atoms with E-state index >= 15 is 0 Å². The van der Waals surface area contributed by atoms with Gasteiger partial charge in [0.15, 0.2) is 5.75 Å². The molecule has 1 atom stereocenters. The first-order valence-corrected chi connectivity index (χ1v) is 7.34. The Morgan fingerprint density at radius 2 is 2.00 bits per heavy atom. The molecular weight excluding hydrogens is 356 g/mol. The minimum Gasteiger partial charge on any atom is -0.493 e. The van der Waals surface area contributed by atoms with Gasteiger partial charge < -0.3 is 15.8 Å². The van der Waals surface area contributed by atoms with Crippen LogP contribution in [0.1, 0.15) is 11.6 Å². The van der Waals surface area contributed by atoms with Gasteiger partial charge in [-0.2, -0.15) is 0 Å². The van der Waals surface area contributed by atoms with Gasteiger partial charge in [0.2, 0.25) is 5.91 Å². The van der Waals surface area contributed by atoms with Crippen LogP contribution in [-0.2, 0) is 4.79 Å². The van der Waals surface area contributed by atoms with Gasteiger partial charge in [-0.15, -0.1) is 0 Å². The van der Waals surface area contributed by atoms with Crippen LogP contribution in [0.15, 0.2) is 46.9 Å². The van der Waals surface area contributed by atoms with Crippen LogP contribution in [0.2, 0.25) is 5.02 Å². The Balaban J connectivity index is 2.24. The molecule has 0 bridgehead atoms. The van der Waals surface area contributed by atoms with E-state index in [1.807, 2.05) is 18.2 Å². The maximum absolute atomic E-state index is 12.3. The summed E-state index contributed by atoms with van der Waals surface area (Å²) in [7, 11) is 1.51. The minimum atomic E-state index is -0.770. The number of methoxy groups -OCH3 is 1. The van der Waals surface area contributed by atoms with Crippen LogP contribution in [0, 0.1) is 0 Å². The van der Waals surface area contributed by atoms with Crippen LogP contribution < -0.4 is 15.8 Å². The molecule has 3 N–H and O–H groups in total. The SMILES string of the molecule is COc1c(Br)cc(Cl)cc1NC(=O)[C@@H](N)c1ccccc1. The summed E-state index contributed by atoms with van der Waals surface area (Å²) in [4.78, 5) is 12.3. The number of ether oxygens (including phenoxy) is 1. The molecule has 0 aliphatic carbocycles. The van der Waals surface area contributed by atoms with E-state index < -0.39 is 6.04 Å². The Morgan fingerprint density at radius 1 is 1.33 bits per heavy atom. The minimum absolute atomic E-state index is 0.339. The van der Waals surface area contributed by atoms with Crippen molar-refractivity contribution in [2.45, 2.75) is 6.04 Å². The van der Waals surface area contributed by atoms with Crippen molar-refractivity contribution in [1.29, 1.82) is 0 Å². The second-order valence-electron chi connectivity index (χ2n) is 4.35. The highest BCUT2D eigenvalue weighted by Gasteiger charge is 2.18. The zero-order valence-corrected chi connectivity index (χ0v) is 13.6. The first-order chi connectivity index (χ1) is 10.0. The number of rotatable bonds is 4. The van der Waals surface area contributed by atoms with Crippen molar-refractivity contribution in [3.8, 4) is 5.75 Å². The quantitative estimate of drug-likeness (QED) is 0.862. The molecule has 0 spiro atoms. The van der Waals surface area contributed by atoms with Gasteiger partial charge in [-0.1, -0.05) is 41.9 Å². The lowest BCUT2D eigenvalue weighted by molar-refractivity contribution is -0.117. The number of nitrogens with two attached hydrogens (primary N) is 1. The number of carbonyl (C=O) groups is 1. The predicted molar refractivity (Wildman–Crippen MR) is 87.7 cm³/mol. The number of hydrogen-bond donors (Lipinski definition) is 2. The standard InChI is InChI=1S/C15H14BrClN2O2/c1-21-14-11(16)7-10(17)8-12(14)19-15(20)13(18)9-5-3-2-4-6-9/h2-8,13H,18H2,1H3,(H,19,20)/t13-/m0/s1. The molecule has 0 aromatic heterocycles. The van der Waals surface area contributed by atoms with E-state index in [-0.39, 0.29) is 5.91 Å². The zero-order valence-electron chi connectivity index (χ0n) is 11.3. The van der Waals surface area contributed by atoms with Crippen LogP contribution in [0.25, 0.3) is 0 Å². The Bertz CT molecular complexity index is 650. The van der Waals surface area contributed by atoms with Crippen LogP contribution in [-0.4, -0.2) is 13.0 Å². The predicted octanol–water partition coefficient (Wildman–Crippen LogP) is 3.75. The molecule has 21 heavy (non-hydrogen) atoms. The maximum atomic E-state index is 12.3. The average molecular weight is 370 g/mol. The first-order valence-electron chi connectivity index (χ1n) is 6.17. The lowest BCUT2D eigenvalue weighted by atomic mass is 10.1. The molecule has 2 rings (SSSR count). The highest BCUT2D eigenvalue weighted by Crippen LogP contribution is 2.36. The van der Waals surface area contributed by atoms with Crippen molar-refractivity contribution in [2.24, 2.45) is 5.73 Å². The molecule has 110 valence electrons. The molecule has 2 aromatic rings. The first kappa shape index (κ1) is 15.8. The summed E-state index contributed by atoms with van der Waals surface area (Å²) in [6.07, 6.45) is 0. The normalized spacial score (nSPS) is 11.8. The molecule has 0 aliphatic heterocycles. The molecule has 4 nitrogen and oxygen atoms in total. The molecule has 0 aliphatic rings. The van der Waals surface area contributed by atoms with Gasteiger partial charge in [0.1, 0.15) is 6.04 Å². The van der Waals surface area contributed by atoms with Gasteiger partial charge in [-0.05, 0) is 33.6 Å². The topological polar surface area (TPSA) is 64.3 Å². The number of halogens is 2. The summed E-state index contributed by atoms with van der Waals surface area (Å²) in [6, 6.07) is 11.7. The number of anilines is 1. The summed E-state index contributed by atoms with van der Waals surface area (Å²) in [5.74, 6) is 0.154. The molecule has 0 saturated carbocycles. The lowest BCUT2D eigenvalue weighted by Crippen LogP contribution is -2.27. The van der Waals surface area contributed by atoms with Crippen LogP contribution in [0.3, 0.4) is 0 Å². The number of carbonyl (C=O) groups excluding carboxylic acids is 1. The molecular formula is C15H14BrClN2O2. The van der Waals surface area contributed by atoms with Crippen molar-refractivity contribution in [3.05, 3.63) is 57.5 Å². The molecule has 0 heterocycles.